The molecule has 0 unspecified atom stereocenters. The van der Waals surface area contributed by atoms with Gasteiger partial charge in [-0.25, -0.2) is 0 Å². The van der Waals surface area contributed by atoms with Gasteiger partial charge in [0.05, 0.1) is 0 Å². The molecule has 26 heavy (non-hydrogen) atoms. The second-order valence-corrected chi connectivity index (χ2v) is 7.40. The van der Waals surface area contributed by atoms with Crippen molar-refractivity contribution in [3.63, 3.8) is 0 Å². The Hall–Kier alpha value is -2.84. The van der Waals surface area contributed by atoms with Crippen LogP contribution in [0.15, 0.2) is 95.5 Å². The lowest BCUT2D eigenvalue weighted by atomic mass is 9.94. The van der Waals surface area contributed by atoms with Gasteiger partial charge in [0, 0.05) is 15.8 Å². The summed E-state index contributed by atoms with van der Waals surface area (Å²) in [5, 5.41) is 11.3. The van der Waals surface area contributed by atoms with E-state index in [0.717, 1.165) is 15.8 Å². The van der Waals surface area contributed by atoms with Crippen LogP contribution in [-0.2, 0) is 0 Å². The number of hydrogen-bond acceptors (Lipinski definition) is 1. The SMILES string of the molecule is Brc1ccc(Nc2ccc3c4ccccc4c4ccccc4c3c2)cc1. The molecule has 0 radical (unpaired) electrons. The van der Waals surface area contributed by atoms with Gasteiger partial charge in [0.15, 0.2) is 0 Å². The second kappa shape index (κ2) is 6.15. The minimum absolute atomic E-state index is 1.08. The lowest BCUT2D eigenvalue weighted by molar-refractivity contribution is 1.55. The maximum absolute atomic E-state index is 3.52. The molecule has 0 saturated heterocycles. The summed E-state index contributed by atoms with van der Waals surface area (Å²) in [5.41, 5.74) is 2.18. The summed E-state index contributed by atoms with van der Waals surface area (Å²) in [6.45, 7) is 0. The Morgan fingerprint density at radius 1 is 0.462 bits per heavy atom. The molecule has 0 aliphatic rings. The zero-order valence-electron chi connectivity index (χ0n) is 14.0. The lowest BCUT2D eigenvalue weighted by Crippen LogP contribution is -1.90. The van der Waals surface area contributed by atoms with Gasteiger partial charge in [-0.15, -0.1) is 0 Å². The van der Waals surface area contributed by atoms with E-state index in [1.165, 1.54) is 32.3 Å². The van der Waals surface area contributed by atoms with Gasteiger partial charge < -0.3 is 5.32 Å². The van der Waals surface area contributed by atoms with Crippen LogP contribution in [-0.4, -0.2) is 0 Å². The molecule has 1 nitrogen and oxygen atoms in total. The first-order valence-electron chi connectivity index (χ1n) is 8.65. The Balaban J connectivity index is 1.76. The van der Waals surface area contributed by atoms with Crippen LogP contribution in [0.5, 0.6) is 0 Å². The molecule has 1 N–H and O–H groups in total. The van der Waals surface area contributed by atoms with Crippen LogP contribution in [0.1, 0.15) is 0 Å². The normalized spacial score (nSPS) is 11.3. The highest BCUT2D eigenvalue weighted by atomic mass is 79.9. The molecule has 2 heteroatoms. The minimum Gasteiger partial charge on any atom is -0.356 e. The molecule has 0 heterocycles. The number of fused-ring (bicyclic) bond motifs is 6. The van der Waals surface area contributed by atoms with Crippen LogP contribution in [0.3, 0.4) is 0 Å². The van der Waals surface area contributed by atoms with Crippen LogP contribution in [0.2, 0.25) is 0 Å². The molecule has 5 rings (SSSR count). The summed E-state index contributed by atoms with van der Waals surface area (Å²) in [6, 6.07) is 32.2. The van der Waals surface area contributed by atoms with Crippen molar-refractivity contribution in [3.05, 3.63) is 95.5 Å². The number of hydrogen-bond donors (Lipinski definition) is 1. The zero-order chi connectivity index (χ0) is 17.5. The summed E-state index contributed by atoms with van der Waals surface area (Å²) in [4.78, 5) is 0. The molecular formula is C24H16BrN. The molecule has 5 aromatic rings. The fourth-order valence-corrected chi connectivity index (χ4v) is 3.95. The molecular weight excluding hydrogens is 382 g/mol. The van der Waals surface area contributed by atoms with Crippen molar-refractivity contribution in [3.8, 4) is 0 Å². The second-order valence-electron chi connectivity index (χ2n) is 6.48. The third-order valence-corrected chi connectivity index (χ3v) is 5.41. The predicted octanol–water partition coefficient (Wildman–Crippen LogP) is 7.65. The van der Waals surface area contributed by atoms with Crippen molar-refractivity contribution in [2.24, 2.45) is 0 Å². The van der Waals surface area contributed by atoms with Gasteiger partial charge in [-0.2, -0.15) is 0 Å². The van der Waals surface area contributed by atoms with E-state index in [2.05, 4.69) is 100 Å². The quantitative estimate of drug-likeness (QED) is 0.301. The van der Waals surface area contributed by atoms with Crippen LogP contribution in [0.25, 0.3) is 32.3 Å². The lowest BCUT2D eigenvalue weighted by Gasteiger charge is -2.13. The largest absolute Gasteiger partial charge is 0.356 e. The molecule has 0 fully saturated rings. The van der Waals surface area contributed by atoms with Gasteiger partial charge in [0.2, 0.25) is 0 Å². The first-order chi connectivity index (χ1) is 12.8. The molecule has 0 atom stereocenters. The van der Waals surface area contributed by atoms with Crippen molar-refractivity contribution in [1.29, 1.82) is 0 Å². The maximum atomic E-state index is 3.52. The fourth-order valence-electron chi connectivity index (χ4n) is 3.69. The molecule has 0 amide bonds. The van der Waals surface area contributed by atoms with Crippen LogP contribution in [0, 0.1) is 0 Å². The van der Waals surface area contributed by atoms with E-state index in [1.807, 2.05) is 12.1 Å². The number of anilines is 2. The van der Waals surface area contributed by atoms with Gasteiger partial charge in [0.25, 0.3) is 0 Å². The Labute approximate surface area is 160 Å². The number of nitrogens with one attached hydrogen (secondary N) is 1. The summed E-state index contributed by atoms with van der Waals surface area (Å²) in [5.74, 6) is 0. The molecule has 0 bridgehead atoms. The van der Waals surface area contributed by atoms with Gasteiger partial charge in [0.1, 0.15) is 0 Å². The molecule has 0 spiro atoms. The topological polar surface area (TPSA) is 12.0 Å². The highest BCUT2D eigenvalue weighted by Crippen LogP contribution is 2.36. The summed E-state index contributed by atoms with van der Waals surface area (Å²) in [6.07, 6.45) is 0. The first-order valence-corrected chi connectivity index (χ1v) is 9.45. The standard InChI is InChI=1S/C24H16BrN/c25-16-9-11-17(12-10-16)26-18-13-14-23-21-7-2-1-5-19(21)20-6-3-4-8-22(20)24(23)15-18/h1-15,26H. The molecule has 124 valence electrons. The molecule has 0 saturated carbocycles. The Bertz CT molecular complexity index is 1220. The van der Waals surface area contributed by atoms with Gasteiger partial charge in [-0.05, 0) is 68.7 Å². The van der Waals surface area contributed by atoms with Crippen molar-refractivity contribution >= 4 is 59.6 Å². The first kappa shape index (κ1) is 15.4. The van der Waals surface area contributed by atoms with Crippen molar-refractivity contribution < 1.29 is 0 Å². The predicted molar refractivity (Wildman–Crippen MR) is 116 cm³/mol. The summed E-state index contributed by atoms with van der Waals surface area (Å²) >= 11 is 3.49. The third-order valence-electron chi connectivity index (χ3n) is 4.88. The average molecular weight is 398 g/mol. The third kappa shape index (κ3) is 2.54. The number of halogens is 1. The Morgan fingerprint density at radius 3 is 1.50 bits per heavy atom. The zero-order valence-corrected chi connectivity index (χ0v) is 15.6. The highest BCUT2D eigenvalue weighted by molar-refractivity contribution is 9.10. The van der Waals surface area contributed by atoms with Crippen molar-refractivity contribution in [2.75, 3.05) is 5.32 Å². The van der Waals surface area contributed by atoms with Crippen LogP contribution in [0.4, 0.5) is 11.4 Å². The summed E-state index contributed by atoms with van der Waals surface area (Å²) in [7, 11) is 0. The highest BCUT2D eigenvalue weighted by Gasteiger charge is 2.08. The maximum Gasteiger partial charge on any atom is 0.0390 e. The van der Waals surface area contributed by atoms with Crippen LogP contribution < -0.4 is 5.32 Å². The molecule has 5 aromatic carbocycles. The van der Waals surface area contributed by atoms with Gasteiger partial charge in [-0.3, -0.25) is 0 Å². The van der Waals surface area contributed by atoms with E-state index in [4.69, 9.17) is 0 Å². The molecule has 0 aromatic heterocycles. The van der Waals surface area contributed by atoms with Crippen molar-refractivity contribution in [2.45, 2.75) is 0 Å². The van der Waals surface area contributed by atoms with Gasteiger partial charge >= 0.3 is 0 Å². The van der Waals surface area contributed by atoms with Gasteiger partial charge in [-0.1, -0.05) is 70.5 Å². The van der Waals surface area contributed by atoms with E-state index in [1.54, 1.807) is 0 Å². The van der Waals surface area contributed by atoms with E-state index in [-0.39, 0.29) is 0 Å². The van der Waals surface area contributed by atoms with E-state index < -0.39 is 0 Å². The smallest absolute Gasteiger partial charge is 0.0390 e. The monoisotopic (exact) mass is 397 g/mol. The van der Waals surface area contributed by atoms with E-state index in [0.29, 0.717) is 0 Å². The molecule has 0 aliphatic heterocycles. The Morgan fingerprint density at radius 2 is 0.923 bits per heavy atom. The minimum atomic E-state index is 1.08. The Kier molecular flexibility index (Phi) is 3.65. The fraction of sp³-hybridized carbons (Fsp3) is 0. The van der Waals surface area contributed by atoms with Crippen LogP contribution >= 0.6 is 15.9 Å². The molecule has 0 aliphatic carbocycles. The average Bonchev–Trinajstić information content (AvgIpc) is 2.70. The van der Waals surface area contributed by atoms with E-state index >= 15 is 0 Å². The summed E-state index contributed by atoms with van der Waals surface area (Å²) < 4.78 is 1.08. The van der Waals surface area contributed by atoms with Crippen molar-refractivity contribution in [1.82, 2.24) is 0 Å². The number of benzene rings is 5. The number of rotatable bonds is 2. The van der Waals surface area contributed by atoms with E-state index in [9.17, 15) is 0 Å².